The molecule has 1 aliphatic carbocycles. The minimum absolute atomic E-state index is 0.285. The van der Waals surface area contributed by atoms with Crippen LogP contribution in [-0.2, 0) is 0 Å². The Balaban J connectivity index is 2.00. The third-order valence-electron chi connectivity index (χ3n) is 3.28. The molecule has 0 unspecified atom stereocenters. The zero-order valence-electron chi connectivity index (χ0n) is 8.99. The molecule has 1 aromatic carbocycles. The first-order valence-electron chi connectivity index (χ1n) is 5.69. The minimum atomic E-state index is 0.285. The van der Waals surface area contributed by atoms with Crippen molar-refractivity contribution in [3.8, 4) is 0 Å². The third-order valence-corrected chi connectivity index (χ3v) is 3.50. The molecule has 2 N–H and O–H groups in total. The molecule has 0 spiro atoms. The fourth-order valence-electron chi connectivity index (χ4n) is 2.55. The zero-order chi connectivity index (χ0) is 11.0. The van der Waals surface area contributed by atoms with E-state index in [0.29, 0.717) is 0 Å². The summed E-state index contributed by atoms with van der Waals surface area (Å²) < 4.78 is 0. The smallest absolute Gasteiger partial charge is 0.171 e. The van der Waals surface area contributed by atoms with Gasteiger partial charge in [0, 0.05) is 5.70 Å². The van der Waals surface area contributed by atoms with Gasteiger partial charge in [0.25, 0.3) is 0 Å². The highest BCUT2D eigenvalue weighted by Crippen LogP contribution is 2.36. The lowest BCUT2D eigenvalue weighted by molar-refractivity contribution is 0.683. The monoisotopic (exact) mass is 230 g/mol. The van der Waals surface area contributed by atoms with E-state index in [2.05, 4.69) is 34.9 Å². The summed E-state index contributed by atoms with van der Waals surface area (Å²) in [5.74, 6) is 0. The van der Waals surface area contributed by atoms with Crippen molar-refractivity contribution in [1.29, 1.82) is 0 Å². The molecule has 16 heavy (non-hydrogen) atoms. The lowest BCUT2D eigenvalue weighted by Gasteiger charge is -2.29. The lowest BCUT2D eigenvalue weighted by atomic mass is 9.96. The number of benzene rings is 1. The molecule has 82 valence electrons. The van der Waals surface area contributed by atoms with E-state index in [0.717, 1.165) is 11.5 Å². The summed E-state index contributed by atoms with van der Waals surface area (Å²) >= 11 is 5.25. The van der Waals surface area contributed by atoms with Crippen LogP contribution in [0.4, 0.5) is 0 Å². The molecule has 0 bridgehead atoms. The third kappa shape index (κ3) is 1.61. The Morgan fingerprint density at radius 2 is 1.94 bits per heavy atom. The van der Waals surface area contributed by atoms with Gasteiger partial charge in [0.05, 0.1) is 6.04 Å². The van der Waals surface area contributed by atoms with Gasteiger partial charge in [-0.05, 0) is 42.6 Å². The molecule has 2 aliphatic rings. The van der Waals surface area contributed by atoms with Gasteiger partial charge >= 0.3 is 0 Å². The van der Waals surface area contributed by atoms with Gasteiger partial charge in [-0.25, -0.2) is 0 Å². The average Bonchev–Trinajstić information content (AvgIpc) is 2.77. The SMILES string of the molecule is S=C1NC2=C(CCC2)[C@H](c2ccccc2)N1. The predicted molar refractivity (Wildman–Crippen MR) is 68.9 cm³/mol. The van der Waals surface area contributed by atoms with Crippen molar-refractivity contribution in [2.24, 2.45) is 0 Å². The van der Waals surface area contributed by atoms with Gasteiger partial charge in [0.15, 0.2) is 5.11 Å². The second-order valence-corrected chi connectivity index (χ2v) is 4.71. The highest BCUT2D eigenvalue weighted by molar-refractivity contribution is 7.80. The average molecular weight is 230 g/mol. The Hall–Kier alpha value is -1.35. The Labute approximate surface area is 101 Å². The molecule has 2 nitrogen and oxygen atoms in total. The van der Waals surface area contributed by atoms with Crippen LogP contribution in [0.3, 0.4) is 0 Å². The van der Waals surface area contributed by atoms with Crippen LogP contribution in [0.2, 0.25) is 0 Å². The molecule has 0 saturated heterocycles. The number of allylic oxidation sites excluding steroid dienone is 1. The van der Waals surface area contributed by atoms with Crippen molar-refractivity contribution in [3.63, 3.8) is 0 Å². The zero-order valence-corrected chi connectivity index (χ0v) is 9.81. The highest BCUT2D eigenvalue weighted by Gasteiger charge is 2.28. The number of rotatable bonds is 1. The van der Waals surface area contributed by atoms with E-state index in [9.17, 15) is 0 Å². The molecule has 0 aromatic heterocycles. The van der Waals surface area contributed by atoms with Crippen LogP contribution >= 0.6 is 12.2 Å². The Morgan fingerprint density at radius 1 is 1.12 bits per heavy atom. The van der Waals surface area contributed by atoms with E-state index in [1.807, 2.05) is 6.07 Å². The van der Waals surface area contributed by atoms with Crippen molar-refractivity contribution >= 4 is 17.3 Å². The quantitative estimate of drug-likeness (QED) is 0.725. The molecule has 3 heteroatoms. The van der Waals surface area contributed by atoms with Crippen LogP contribution in [0.5, 0.6) is 0 Å². The summed E-state index contributed by atoms with van der Waals surface area (Å²) in [6.45, 7) is 0. The van der Waals surface area contributed by atoms with Gasteiger partial charge in [-0.2, -0.15) is 0 Å². The molecule has 1 aliphatic heterocycles. The maximum atomic E-state index is 5.25. The summed E-state index contributed by atoms with van der Waals surface area (Å²) in [4.78, 5) is 0. The van der Waals surface area contributed by atoms with Crippen molar-refractivity contribution in [3.05, 3.63) is 47.2 Å². The maximum Gasteiger partial charge on any atom is 0.171 e. The first-order valence-corrected chi connectivity index (χ1v) is 6.10. The van der Waals surface area contributed by atoms with Crippen molar-refractivity contribution in [1.82, 2.24) is 10.6 Å². The molecule has 0 radical (unpaired) electrons. The topological polar surface area (TPSA) is 24.1 Å². The molecule has 1 heterocycles. The Bertz CT molecular complexity index is 450. The number of thiocarbonyl (C=S) groups is 1. The predicted octanol–water partition coefficient (Wildman–Crippen LogP) is 2.64. The second kappa shape index (κ2) is 3.91. The van der Waals surface area contributed by atoms with Crippen molar-refractivity contribution in [2.45, 2.75) is 25.3 Å². The molecule has 1 atom stereocenters. The summed E-state index contributed by atoms with van der Waals surface area (Å²) in [6, 6.07) is 10.8. The summed E-state index contributed by atoms with van der Waals surface area (Å²) in [7, 11) is 0. The van der Waals surface area contributed by atoms with Crippen LogP contribution in [0.1, 0.15) is 30.9 Å². The standard InChI is InChI=1S/C13H14N2S/c16-13-14-11-8-4-7-10(11)12(15-13)9-5-2-1-3-6-9/h1-3,5-6,12H,4,7-8H2,(H2,14,15,16)/t12-/m0/s1. The Morgan fingerprint density at radius 3 is 2.75 bits per heavy atom. The van der Waals surface area contributed by atoms with E-state index >= 15 is 0 Å². The van der Waals surface area contributed by atoms with E-state index in [1.54, 1.807) is 0 Å². The second-order valence-electron chi connectivity index (χ2n) is 4.30. The van der Waals surface area contributed by atoms with Gasteiger partial charge < -0.3 is 10.6 Å². The number of nitrogens with one attached hydrogen (secondary N) is 2. The Kier molecular flexibility index (Phi) is 2.40. The summed E-state index contributed by atoms with van der Waals surface area (Å²) in [5, 5.41) is 7.40. The highest BCUT2D eigenvalue weighted by atomic mass is 32.1. The van der Waals surface area contributed by atoms with Gasteiger partial charge in [-0.3, -0.25) is 0 Å². The summed E-state index contributed by atoms with van der Waals surface area (Å²) in [5.41, 5.74) is 4.14. The molecule has 0 fully saturated rings. The van der Waals surface area contributed by atoms with Crippen LogP contribution in [0.15, 0.2) is 41.6 Å². The lowest BCUT2D eigenvalue weighted by Crippen LogP contribution is -2.42. The van der Waals surface area contributed by atoms with Crippen molar-refractivity contribution < 1.29 is 0 Å². The van der Waals surface area contributed by atoms with Gasteiger partial charge in [0.2, 0.25) is 0 Å². The largest absolute Gasteiger partial charge is 0.352 e. The van der Waals surface area contributed by atoms with E-state index < -0.39 is 0 Å². The maximum absolute atomic E-state index is 5.25. The van der Waals surface area contributed by atoms with Gasteiger partial charge in [-0.1, -0.05) is 30.3 Å². The molecular weight excluding hydrogens is 216 g/mol. The summed E-state index contributed by atoms with van der Waals surface area (Å²) in [6.07, 6.45) is 3.56. The van der Waals surface area contributed by atoms with Gasteiger partial charge in [-0.15, -0.1) is 0 Å². The number of hydrogen-bond donors (Lipinski definition) is 2. The van der Waals surface area contributed by atoms with Gasteiger partial charge in [0.1, 0.15) is 0 Å². The van der Waals surface area contributed by atoms with Crippen LogP contribution in [0, 0.1) is 0 Å². The van der Waals surface area contributed by atoms with Crippen LogP contribution < -0.4 is 10.6 Å². The molecule has 1 aromatic rings. The van der Waals surface area contributed by atoms with Crippen LogP contribution in [-0.4, -0.2) is 5.11 Å². The van der Waals surface area contributed by atoms with E-state index in [1.165, 1.54) is 29.7 Å². The normalized spacial score (nSPS) is 23.8. The molecule has 0 saturated carbocycles. The van der Waals surface area contributed by atoms with Crippen LogP contribution in [0.25, 0.3) is 0 Å². The molecule has 3 rings (SSSR count). The first-order chi connectivity index (χ1) is 7.84. The fraction of sp³-hybridized carbons (Fsp3) is 0.308. The van der Waals surface area contributed by atoms with E-state index in [-0.39, 0.29) is 6.04 Å². The van der Waals surface area contributed by atoms with Crippen molar-refractivity contribution in [2.75, 3.05) is 0 Å². The number of hydrogen-bond acceptors (Lipinski definition) is 1. The fourth-order valence-corrected chi connectivity index (χ4v) is 2.79. The van der Waals surface area contributed by atoms with E-state index in [4.69, 9.17) is 12.2 Å². The minimum Gasteiger partial charge on any atom is -0.352 e. The first kappa shape index (κ1) is 9.85. The molecule has 0 amide bonds. The molecular formula is C13H14N2S.